The van der Waals surface area contributed by atoms with Gasteiger partial charge in [-0.2, -0.15) is 0 Å². The topological polar surface area (TPSA) is 158 Å². The number of nitrogens with one attached hydrogen (secondary N) is 1. The van der Waals surface area contributed by atoms with Crippen molar-refractivity contribution in [3.05, 3.63) is 35.9 Å². The number of hydrogen-bond acceptors (Lipinski definition) is 9. The number of piperidine rings is 1. The van der Waals surface area contributed by atoms with E-state index in [1.807, 2.05) is 30.3 Å². The van der Waals surface area contributed by atoms with Gasteiger partial charge in [0.1, 0.15) is 12.6 Å². The summed E-state index contributed by atoms with van der Waals surface area (Å²) in [6.07, 6.45) is 2.04. The van der Waals surface area contributed by atoms with Crippen LogP contribution in [0, 0.1) is 0 Å². The Morgan fingerprint density at radius 2 is 1.76 bits per heavy atom. The Morgan fingerprint density at radius 3 is 2.35 bits per heavy atom. The number of carbonyl (C=O) groups is 4. The van der Waals surface area contributed by atoms with E-state index >= 15 is 0 Å². The monoisotopic (exact) mass is 499 g/mol. The molecule has 0 radical (unpaired) electrons. The van der Waals surface area contributed by atoms with Crippen LogP contribution in [-0.2, 0) is 43.9 Å². The van der Waals surface area contributed by atoms with Crippen LogP contribution in [0.5, 0.6) is 0 Å². The lowest BCUT2D eigenvalue weighted by Gasteiger charge is -2.34. The molecule has 1 aromatic rings. The van der Waals surface area contributed by atoms with Crippen LogP contribution >= 0.6 is 8.25 Å². The fraction of sp³-hybridized carbons (Fsp3) is 0.524. The molecule has 186 valence electrons. The number of urea groups is 1. The Labute approximate surface area is 197 Å². The second kappa shape index (κ2) is 13.6. The van der Waals surface area contributed by atoms with Gasteiger partial charge >= 0.3 is 38.7 Å². The summed E-state index contributed by atoms with van der Waals surface area (Å²) in [4.78, 5) is 47.9. The molecule has 2 rings (SSSR count). The number of ether oxygens (including phenoxy) is 2. The van der Waals surface area contributed by atoms with E-state index in [0.29, 0.717) is 32.2 Å². The number of esters is 2. The number of hydrogen-bond donors (Lipinski definition) is 2. The molecule has 2 amide bonds. The molecule has 34 heavy (non-hydrogen) atoms. The normalized spacial score (nSPS) is 17.0. The molecule has 13 heteroatoms. The highest BCUT2D eigenvalue weighted by Crippen LogP contribution is 2.28. The van der Waals surface area contributed by atoms with E-state index in [4.69, 9.17) is 9.05 Å². The number of carbonyl (C=O) groups excluding carboxylic acids is 3. The number of carboxylic acid groups (broad SMARTS) is 1. The number of nitrogens with zero attached hydrogens (tertiary/aromatic N) is 1. The first-order valence-electron chi connectivity index (χ1n) is 10.6. The number of carboxylic acids is 1. The highest BCUT2D eigenvalue weighted by Gasteiger charge is 2.35. The predicted octanol–water partition coefficient (Wildman–Crippen LogP) is 2.35. The summed E-state index contributed by atoms with van der Waals surface area (Å²) >= 11 is 0. The van der Waals surface area contributed by atoms with Crippen molar-refractivity contribution < 1.29 is 47.4 Å². The maximum absolute atomic E-state index is 12.9. The maximum atomic E-state index is 12.9. The number of benzene rings is 1. The number of aliphatic carboxylic acids is 1. The minimum atomic E-state index is -2.91. The molecule has 12 nitrogen and oxygen atoms in total. The lowest BCUT2D eigenvalue weighted by molar-refractivity contribution is -0.233. The fourth-order valence-corrected chi connectivity index (χ4v) is 3.92. The van der Waals surface area contributed by atoms with Crippen molar-refractivity contribution in [2.75, 3.05) is 13.2 Å². The summed E-state index contributed by atoms with van der Waals surface area (Å²) in [7, 11) is -2.91. The zero-order chi connectivity index (χ0) is 25.1. The number of rotatable bonds is 11. The quantitative estimate of drug-likeness (QED) is 0.263. The van der Waals surface area contributed by atoms with Crippen molar-refractivity contribution in [3.8, 4) is 0 Å². The van der Waals surface area contributed by atoms with Crippen molar-refractivity contribution >= 4 is 32.2 Å². The van der Waals surface area contributed by atoms with Crippen LogP contribution in [-0.4, -0.2) is 65.7 Å². The SMILES string of the molecule is CC(=O)OC(OC(C)=O)O[P+](=O)OC[C@@H](Cc1ccccc1)NC(=O)N1CCCC[C@H]1C(=O)O. The van der Waals surface area contributed by atoms with Crippen LogP contribution in [0.4, 0.5) is 4.79 Å². The summed E-state index contributed by atoms with van der Waals surface area (Å²) < 4.78 is 31.5. The van der Waals surface area contributed by atoms with Gasteiger partial charge in [-0.1, -0.05) is 30.3 Å². The van der Waals surface area contributed by atoms with Gasteiger partial charge in [-0.3, -0.25) is 9.59 Å². The van der Waals surface area contributed by atoms with Gasteiger partial charge in [0.05, 0.1) is 6.04 Å². The Hall–Kier alpha value is -3.08. The smallest absolute Gasteiger partial charge is 0.480 e. The molecule has 1 aromatic carbocycles. The molecule has 0 aliphatic carbocycles. The predicted molar refractivity (Wildman–Crippen MR) is 116 cm³/mol. The van der Waals surface area contributed by atoms with E-state index < -0.39 is 50.8 Å². The maximum Gasteiger partial charge on any atom is 0.704 e. The first-order valence-corrected chi connectivity index (χ1v) is 11.7. The van der Waals surface area contributed by atoms with Crippen molar-refractivity contribution in [2.24, 2.45) is 0 Å². The highest BCUT2D eigenvalue weighted by molar-refractivity contribution is 7.33. The van der Waals surface area contributed by atoms with Gasteiger partial charge in [0, 0.05) is 25.0 Å². The molecule has 0 spiro atoms. The molecular weight excluding hydrogens is 471 g/mol. The lowest BCUT2D eigenvalue weighted by Crippen LogP contribution is -2.54. The molecule has 3 atom stereocenters. The highest BCUT2D eigenvalue weighted by atomic mass is 31.1. The second-order valence-electron chi connectivity index (χ2n) is 7.51. The summed E-state index contributed by atoms with van der Waals surface area (Å²) in [5.74, 6) is -2.75. The van der Waals surface area contributed by atoms with Gasteiger partial charge in [0.25, 0.3) is 0 Å². The van der Waals surface area contributed by atoms with Crippen molar-refractivity contribution in [1.29, 1.82) is 0 Å². The zero-order valence-electron chi connectivity index (χ0n) is 18.9. The van der Waals surface area contributed by atoms with E-state index in [0.717, 1.165) is 19.4 Å². The van der Waals surface area contributed by atoms with Crippen LogP contribution in [0.3, 0.4) is 0 Å². The second-order valence-corrected chi connectivity index (χ2v) is 8.43. The van der Waals surface area contributed by atoms with Crippen LogP contribution in [0.1, 0.15) is 38.7 Å². The van der Waals surface area contributed by atoms with Crippen molar-refractivity contribution in [2.45, 2.75) is 58.1 Å². The minimum absolute atomic E-state index is 0.283. The first-order chi connectivity index (χ1) is 16.2. The summed E-state index contributed by atoms with van der Waals surface area (Å²) in [6, 6.07) is 6.90. The van der Waals surface area contributed by atoms with E-state index in [-0.39, 0.29) is 6.61 Å². The Balaban J connectivity index is 2.04. The van der Waals surface area contributed by atoms with Crippen LogP contribution in [0.25, 0.3) is 0 Å². The third-order valence-electron chi connectivity index (χ3n) is 4.78. The van der Waals surface area contributed by atoms with Gasteiger partial charge in [0.15, 0.2) is 0 Å². The number of likely N-dealkylation sites (tertiary alicyclic amines) is 1. The van der Waals surface area contributed by atoms with Crippen LogP contribution in [0.2, 0.25) is 0 Å². The van der Waals surface area contributed by atoms with Crippen LogP contribution in [0.15, 0.2) is 30.3 Å². The van der Waals surface area contributed by atoms with Gasteiger partial charge < -0.3 is 24.8 Å². The average Bonchev–Trinajstić information content (AvgIpc) is 2.77. The molecule has 1 aliphatic heterocycles. The minimum Gasteiger partial charge on any atom is -0.480 e. The molecule has 1 aliphatic rings. The Bertz CT molecular complexity index is 866. The van der Waals surface area contributed by atoms with E-state index in [1.54, 1.807) is 0 Å². The van der Waals surface area contributed by atoms with Gasteiger partial charge in [-0.15, -0.1) is 4.52 Å². The molecule has 1 unspecified atom stereocenters. The molecule has 1 heterocycles. The Morgan fingerprint density at radius 1 is 1.12 bits per heavy atom. The standard InChI is InChI=1S/C21H27N2O10P/c1-14(24)31-21(32-15(2)25)33-34(29)30-13-17(12-16-8-4-3-5-9-16)22-20(28)23-11-7-6-10-18(23)19(26)27/h3-5,8-9,17-18,21H,6-7,10-13H2,1-2H3,(H-,22,26,27,28)/p+1/t17-,18+/m1/s1. The average molecular weight is 499 g/mol. The third-order valence-corrected chi connectivity index (χ3v) is 5.48. The fourth-order valence-electron chi connectivity index (χ4n) is 3.33. The first kappa shape index (κ1) is 27.2. The van der Waals surface area contributed by atoms with Gasteiger partial charge in [-0.05, 0) is 35.8 Å². The van der Waals surface area contributed by atoms with Gasteiger partial charge in [-0.25, -0.2) is 9.59 Å². The van der Waals surface area contributed by atoms with E-state index in [9.17, 15) is 28.8 Å². The molecular formula is C21H28N2O10P+. The molecule has 0 bridgehead atoms. The Kier molecular flexibility index (Phi) is 10.9. The molecule has 1 fully saturated rings. The lowest BCUT2D eigenvalue weighted by atomic mass is 10.0. The molecule has 0 saturated carbocycles. The summed E-state index contributed by atoms with van der Waals surface area (Å²) in [6.45, 7) is 0.249. The largest absolute Gasteiger partial charge is 0.704 e. The van der Waals surface area contributed by atoms with Crippen LogP contribution < -0.4 is 5.32 Å². The van der Waals surface area contributed by atoms with Crippen molar-refractivity contribution in [3.63, 3.8) is 0 Å². The summed E-state index contributed by atoms with van der Waals surface area (Å²) in [5, 5.41) is 12.2. The molecule has 2 N–H and O–H groups in total. The molecule has 0 aromatic heterocycles. The summed E-state index contributed by atoms with van der Waals surface area (Å²) in [5.41, 5.74) is 0.846. The third kappa shape index (κ3) is 9.42. The van der Waals surface area contributed by atoms with E-state index in [1.165, 1.54) is 4.90 Å². The van der Waals surface area contributed by atoms with Crippen molar-refractivity contribution in [1.82, 2.24) is 10.2 Å². The van der Waals surface area contributed by atoms with E-state index in [2.05, 4.69) is 14.8 Å². The number of amides is 2. The van der Waals surface area contributed by atoms with Gasteiger partial charge in [0.2, 0.25) is 0 Å². The molecule has 1 saturated heterocycles. The zero-order valence-corrected chi connectivity index (χ0v) is 19.8.